The Balaban J connectivity index is 1.40. The highest BCUT2D eigenvalue weighted by molar-refractivity contribution is 7.89. The molecule has 2 unspecified atom stereocenters. The van der Waals surface area contributed by atoms with E-state index in [4.69, 9.17) is 0 Å². The molecule has 2 heterocycles. The van der Waals surface area contributed by atoms with Crippen molar-refractivity contribution >= 4 is 25.7 Å². The molecule has 2 aliphatic heterocycles. The molecule has 1 N–H and O–H groups in total. The molecule has 0 bridgehead atoms. The van der Waals surface area contributed by atoms with Gasteiger partial charge in [-0.3, -0.25) is 0 Å². The van der Waals surface area contributed by atoms with Gasteiger partial charge in [0.1, 0.15) is 5.25 Å². The van der Waals surface area contributed by atoms with E-state index in [0.717, 1.165) is 36.1 Å². The average Bonchev–Trinajstić information content (AvgIpc) is 2.78. The normalized spacial score (nSPS) is 25.0. The van der Waals surface area contributed by atoms with E-state index in [2.05, 4.69) is 5.32 Å². The summed E-state index contributed by atoms with van der Waals surface area (Å²) in [5.74, 6) is 0. The molecule has 7 nitrogen and oxygen atoms in total. The van der Waals surface area contributed by atoms with E-state index in [-0.39, 0.29) is 12.1 Å². The summed E-state index contributed by atoms with van der Waals surface area (Å²) in [5.41, 5.74) is 2.78. The third-order valence-electron chi connectivity index (χ3n) is 6.78. The summed E-state index contributed by atoms with van der Waals surface area (Å²) in [7, 11) is -6.58. The van der Waals surface area contributed by atoms with E-state index >= 15 is 0 Å². The molecular formula is C24H33N3O4S2. The van der Waals surface area contributed by atoms with Crippen LogP contribution in [0, 0.1) is 0 Å². The summed E-state index contributed by atoms with van der Waals surface area (Å²) in [6.07, 6.45) is 4.26. The lowest BCUT2D eigenvalue weighted by Crippen LogP contribution is -2.44. The van der Waals surface area contributed by atoms with Gasteiger partial charge in [-0.1, -0.05) is 42.5 Å². The first-order valence-corrected chi connectivity index (χ1v) is 14.9. The summed E-state index contributed by atoms with van der Waals surface area (Å²) in [6.45, 7) is 3.40. The topological polar surface area (TPSA) is 86.8 Å². The summed E-state index contributed by atoms with van der Waals surface area (Å²) >= 11 is 0. The highest BCUT2D eigenvalue weighted by Gasteiger charge is 2.40. The number of hydrogen-bond acceptors (Lipinski definition) is 5. The average molecular weight is 492 g/mol. The Morgan fingerprint density at radius 2 is 1.58 bits per heavy atom. The molecule has 0 aromatic heterocycles. The van der Waals surface area contributed by atoms with Crippen molar-refractivity contribution < 1.29 is 16.8 Å². The highest BCUT2D eigenvalue weighted by atomic mass is 32.2. The first kappa shape index (κ1) is 24.2. The Hall–Kier alpha value is -1.94. The highest BCUT2D eigenvalue weighted by Crippen LogP contribution is 2.38. The monoisotopic (exact) mass is 491 g/mol. The number of benzene rings is 2. The smallest absolute Gasteiger partial charge is 0.221 e. The largest absolute Gasteiger partial charge is 0.382 e. The van der Waals surface area contributed by atoms with E-state index in [1.54, 1.807) is 4.31 Å². The predicted molar refractivity (Wildman–Crippen MR) is 132 cm³/mol. The van der Waals surface area contributed by atoms with Crippen molar-refractivity contribution in [3.63, 3.8) is 0 Å². The van der Waals surface area contributed by atoms with E-state index < -0.39 is 25.3 Å². The molecule has 33 heavy (non-hydrogen) atoms. The Morgan fingerprint density at radius 3 is 2.18 bits per heavy atom. The lowest BCUT2D eigenvalue weighted by molar-refractivity contribution is 0.282. The quantitative estimate of drug-likeness (QED) is 0.668. The zero-order valence-corrected chi connectivity index (χ0v) is 20.9. The van der Waals surface area contributed by atoms with Gasteiger partial charge < -0.3 is 5.32 Å². The van der Waals surface area contributed by atoms with Gasteiger partial charge in [0.15, 0.2) is 0 Å². The van der Waals surface area contributed by atoms with Gasteiger partial charge in [-0.05, 0) is 55.9 Å². The second-order valence-corrected chi connectivity index (χ2v) is 13.2. The van der Waals surface area contributed by atoms with Crippen LogP contribution >= 0.6 is 0 Å². The molecule has 0 amide bonds. The summed E-state index contributed by atoms with van der Waals surface area (Å²) in [4.78, 5) is 0. The molecule has 0 saturated carbocycles. The molecular weight excluding hydrogens is 458 g/mol. The minimum atomic E-state index is -3.45. The molecule has 0 aliphatic carbocycles. The van der Waals surface area contributed by atoms with Crippen LogP contribution in [0.3, 0.4) is 0 Å². The van der Waals surface area contributed by atoms with Crippen LogP contribution in [-0.4, -0.2) is 56.9 Å². The summed E-state index contributed by atoms with van der Waals surface area (Å²) < 4.78 is 53.4. The zero-order valence-electron chi connectivity index (χ0n) is 19.2. The first-order valence-electron chi connectivity index (χ1n) is 11.5. The molecule has 180 valence electrons. The van der Waals surface area contributed by atoms with Crippen LogP contribution in [-0.2, 0) is 26.6 Å². The maximum Gasteiger partial charge on any atom is 0.221 e. The number of sulfonamides is 2. The summed E-state index contributed by atoms with van der Waals surface area (Å²) in [6, 6.07) is 17.6. The third-order valence-corrected chi connectivity index (χ3v) is 10.5. The molecule has 2 aromatic carbocycles. The number of piperidine rings is 1. The second kappa shape index (κ2) is 9.74. The van der Waals surface area contributed by atoms with Gasteiger partial charge >= 0.3 is 0 Å². The van der Waals surface area contributed by atoms with Crippen LogP contribution in [0.1, 0.15) is 49.0 Å². The van der Waals surface area contributed by atoms with E-state index in [9.17, 15) is 16.8 Å². The van der Waals surface area contributed by atoms with E-state index in [1.165, 1.54) is 10.6 Å². The fourth-order valence-electron chi connectivity index (χ4n) is 4.81. The number of rotatable bonds is 6. The minimum absolute atomic E-state index is 0.0345. The third kappa shape index (κ3) is 5.59. The lowest BCUT2D eigenvalue weighted by Gasteiger charge is -2.37. The van der Waals surface area contributed by atoms with Crippen LogP contribution in [0.2, 0.25) is 0 Å². The standard InChI is InChI=1S/C24H33N3O4S2/c1-19-8-13-24(21-6-4-3-5-7-21)33(30,31)27(19)18-20-9-11-22(12-10-20)25-23-14-16-26(17-15-23)32(2,28)29/h3-7,9-12,19,23-25H,8,13-18H2,1-2H3. The summed E-state index contributed by atoms with van der Waals surface area (Å²) in [5, 5.41) is 2.99. The van der Waals surface area contributed by atoms with Crippen LogP contribution < -0.4 is 5.32 Å². The van der Waals surface area contributed by atoms with Gasteiger partial charge in [-0.15, -0.1) is 0 Å². The Labute approximate surface area is 197 Å². The second-order valence-electron chi connectivity index (χ2n) is 9.19. The minimum Gasteiger partial charge on any atom is -0.382 e. The number of nitrogens with one attached hydrogen (secondary N) is 1. The van der Waals surface area contributed by atoms with E-state index in [1.807, 2.05) is 61.5 Å². The molecule has 2 aliphatic rings. The van der Waals surface area contributed by atoms with Crippen molar-refractivity contribution in [2.75, 3.05) is 24.7 Å². The van der Waals surface area contributed by atoms with Crippen LogP contribution in [0.25, 0.3) is 0 Å². The number of anilines is 1. The Kier molecular flexibility index (Phi) is 7.14. The van der Waals surface area contributed by atoms with Gasteiger partial charge in [0.2, 0.25) is 20.0 Å². The van der Waals surface area contributed by atoms with Crippen LogP contribution in [0.4, 0.5) is 5.69 Å². The van der Waals surface area contributed by atoms with Crippen molar-refractivity contribution in [2.24, 2.45) is 0 Å². The zero-order chi connectivity index (χ0) is 23.6. The molecule has 0 radical (unpaired) electrons. The van der Waals surface area contributed by atoms with Crippen molar-refractivity contribution in [1.29, 1.82) is 0 Å². The van der Waals surface area contributed by atoms with Gasteiger partial charge in [0, 0.05) is 37.4 Å². The number of hydrogen-bond donors (Lipinski definition) is 1. The number of nitrogens with zero attached hydrogens (tertiary/aromatic N) is 2. The van der Waals surface area contributed by atoms with Crippen molar-refractivity contribution in [2.45, 2.75) is 56.5 Å². The predicted octanol–water partition coefficient (Wildman–Crippen LogP) is 3.58. The van der Waals surface area contributed by atoms with Crippen molar-refractivity contribution in [3.05, 3.63) is 65.7 Å². The lowest BCUT2D eigenvalue weighted by atomic mass is 10.0. The van der Waals surface area contributed by atoms with Crippen molar-refractivity contribution in [1.82, 2.24) is 8.61 Å². The molecule has 4 rings (SSSR count). The maximum absolute atomic E-state index is 13.4. The first-order chi connectivity index (χ1) is 15.6. The Morgan fingerprint density at radius 1 is 0.939 bits per heavy atom. The molecule has 2 aromatic rings. The van der Waals surface area contributed by atoms with Gasteiger partial charge in [-0.25, -0.2) is 21.1 Å². The SMILES string of the molecule is CC1CCC(c2ccccc2)S(=O)(=O)N1Cc1ccc(NC2CCN(S(C)(=O)=O)CC2)cc1. The molecule has 0 spiro atoms. The maximum atomic E-state index is 13.4. The molecule has 2 saturated heterocycles. The van der Waals surface area contributed by atoms with Crippen molar-refractivity contribution in [3.8, 4) is 0 Å². The van der Waals surface area contributed by atoms with E-state index in [0.29, 0.717) is 26.1 Å². The van der Waals surface area contributed by atoms with Gasteiger partial charge in [0.25, 0.3) is 0 Å². The molecule has 2 fully saturated rings. The molecule has 9 heteroatoms. The van der Waals surface area contributed by atoms with Gasteiger partial charge in [-0.2, -0.15) is 4.31 Å². The molecule has 2 atom stereocenters. The van der Waals surface area contributed by atoms with Crippen LogP contribution in [0.5, 0.6) is 0 Å². The fourth-order valence-corrected chi connectivity index (χ4v) is 7.88. The Bertz CT molecular complexity index is 1140. The van der Waals surface area contributed by atoms with Gasteiger partial charge in [0.05, 0.1) is 6.26 Å². The fraction of sp³-hybridized carbons (Fsp3) is 0.500. The van der Waals surface area contributed by atoms with Crippen LogP contribution in [0.15, 0.2) is 54.6 Å².